The van der Waals surface area contributed by atoms with Crippen LogP contribution in [0.5, 0.6) is 5.75 Å². The summed E-state index contributed by atoms with van der Waals surface area (Å²) in [5.74, 6) is 1.92. The van der Waals surface area contributed by atoms with Crippen molar-refractivity contribution in [2.24, 2.45) is 0 Å². The Balaban J connectivity index is 0.00000156. The van der Waals surface area contributed by atoms with Gasteiger partial charge in [-0.15, -0.1) is 0 Å². The molecule has 8 nitrogen and oxygen atoms in total. The highest BCUT2D eigenvalue weighted by atomic mass is 79.9. The Kier molecular flexibility index (Phi) is 8.89. The van der Waals surface area contributed by atoms with Crippen LogP contribution >= 0.6 is 27.5 Å². The number of hydrogen-bond donors (Lipinski definition) is 3. The molecule has 0 aliphatic carbocycles. The first-order chi connectivity index (χ1) is 18.0. The number of benzene rings is 1. The number of likely N-dealkylation sites (tertiary alicyclic amines) is 1. The maximum Gasteiger partial charge on any atom is 0.171 e. The number of aromatic hydroxyl groups is 1. The zero-order valence-corrected chi connectivity index (χ0v) is 23.3. The Hall–Kier alpha value is -3.30. The van der Waals surface area contributed by atoms with E-state index in [2.05, 4.69) is 54.2 Å². The molecule has 4 heterocycles. The number of phenols is 1. The van der Waals surface area contributed by atoms with E-state index in [1.54, 1.807) is 24.5 Å². The van der Waals surface area contributed by atoms with Crippen LogP contribution in [-0.2, 0) is 6.54 Å². The molecule has 1 aliphatic heterocycles. The van der Waals surface area contributed by atoms with Gasteiger partial charge in [0.1, 0.15) is 11.6 Å². The summed E-state index contributed by atoms with van der Waals surface area (Å²) in [6.07, 6.45) is 7.43. The number of pyridine rings is 1. The Labute approximate surface area is 230 Å². The number of rotatable bonds is 7. The van der Waals surface area contributed by atoms with E-state index in [9.17, 15) is 5.11 Å². The van der Waals surface area contributed by atoms with Gasteiger partial charge in [-0.05, 0) is 52.5 Å². The third kappa shape index (κ3) is 6.34. The first-order valence-corrected chi connectivity index (χ1v) is 13.5. The van der Waals surface area contributed by atoms with Crippen molar-refractivity contribution in [2.45, 2.75) is 39.2 Å². The van der Waals surface area contributed by atoms with Gasteiger partial charge in [0.25, 0.3) is 0 Å². The molecule has 3 N–H and O–H groups in total. The summed E-state index contributed by atoms with van der Waals surface area (Å²) in [4.78, 5) is 11.4. The van der Waals surface area contributed by atoms with E-state index in [1.165, 1.54) is 0 Å². The van der Waals surface area contributed by atoms with Gasteiger partial charge in [0.05, 0.1) is 27.2 Å². The van der Waals surface area contributed by atoms with E-state index in [-0.39, 0.29) is 11.7 Å². The highest BCUT2D eigenvalue weighted by Crippen LogP contribution is 2.32. The van der Waals surface area contributed by atoms with Crippen LogP contribution in [0.1, 0.15) is 43.9 Å². The lowest BCUT2D eigenvalue weighted by Crippen LogP contribution is -2.36. The predicted octanol–water partition coefficient (Wildman–Crippen LogP) is 6.65. The van der Waals surface area contributed by atoms with Crippen molar-refractivity contribution < 1.29 is 5.11 Å². The van der Waals surface area contributed by atoms with Gasteiger partial charge in [-0.2, -0.15) is 9.61 Å². The molecule has 0 spiro atoms. The second kappa shape index (κ2) is 12.3. The fourth-order valence-corrected chi connectivity index (χ4v) is 4.75. The van der Waals surface area contributed by atoms with Crippen molar-refractivity contribution in [1.29, 1.82) is 0 Å². The largest absolute Gasteiger partial charge is 0.506 e. The van der Waals surface area contributed by atoms with E-state index >= 15 is 0 Å². The zero-order valence-electron chi connectivity index (χ0n) is 21.0. The summed E-state index contributed by atoms with van der Waals surface area (Å²) in [5, 5.41) is 21.5. The number of phenolic OH excluding ortho intramolecular Hbond substituents is 1. The van der Waals surface area contributed by atoms with E-state index < -0.39 is 0 Å². The van der Waals surface area contributed by atoms with E-state index in [0.29, 0.717) is 11.6 Å². The minimum absolute atomic E-state index is 0.0381. The molecular weight excluding hydrogens is 554 g/mol. The Morgan fingerprint density at radius 3 is 2.84 bits per heavy atom. The van der Waals surface area contributed by atoms with E-state index in [0.717, 1.165) is 64.6 Å². The van der Waals surface area contributed by atoms with Gasteiger partial charge in [0.15, 0.2) is 5.65 Å². The molecule has 0 radical (unpaired) electrons. The van der Waals surface area contributed by atoms with E-state index in [1.807, 2.05) is 42.8 Å². The van der Waals surface area contributed by atoms with Gasteiger partial charge in [0.2, 0.25) is 0 Å². The average Bonchev–Trinajstić information content (AvgIpc) is 3.31. The van der Waals surface area contributed by atoms with Crippen LogP contribution in [0.15, 0.2) is 71.9 Å². The highest BCUT2D eigenvalue weighted by Gasteiger charge is 2.25. The quantitative estimate of drug-likeness (QED) is 0.224. The molecule has 37 heavy (non-hydrogen) atoms. The van der Waals surface area contributed by atoms with Crippen LogP contribution in [0.3, 0.4) is 0 Å². The van der Waals surface area contributed by atoms with Crippen molar-refractivity contribution in [3.8, 4) is 5.75 Å². The van der Waals surface area contributed by atoms with Crippen molar-refractivity contribution in [3.63, 3.8) is 0 Å². The lowest BCUT2D eigenvalue weighted by Gasteiger charge is -2.35. The third-order valence-electron chi connectivity index (χ3n) is 6.10. The van der Waals surface area contributed by atoms with Gasteiger partial charge in [-0.25, -0.2) is 4.98 Å². The van der Waals surface area contributed by atoms with Crippen molar-refractivity contribution in [3.05, 3.63) is 88.1 Å². The number of hydrogen-bond acceptors (Lipinski definition) is 7. The number of aromatic nitrogens is 4. The second-order valence-corrected chi connectivity index (χ2v) is 9.79. The predicted molar refractivity (Wildman–Crippen MR) is 153 cm³/mol. The standard InChI is InChI=1S/C25H25BrClN7O.C2H6/c1-16(31-19-6-7-21(27)23(35)10-19)33-9-3-5-18(15-33)22-11-24(29-13-17-4-2-8-28-12-17)34-25(32-22)20(26)14-30-34;1-2/h2,4,6-8,10-12,14,18,29,31,35H,1,3,5,9,13,15H2;1-2H3. The van der Waals surface area contributed by atoms with Gasteiger partial charge >= 0.3 is 0 Å². The fraction of sp³-hybridized carbons (Fsp3) is 0.296. The summed E-state index contributed by atoms with van der Waals surface area (Å²) in [5.41, 5.74) is 3.62. The van der Waals surface area contributed by atoms with Crippen LogP contribution in [0.25, 0.3) is 5.65 Å². The topological polar surface area (TPSA) is 90.6 Å². The summed E-state index contributed by atoms with van der Waals surface area (Å²) in [6, 6.07) is 11.1. The zero-order chi connectivity index (χ0) is 26.4. The number of fused-ring (bicyclic) bond motifs is 1. The van der Waals surface area contributed by atoms with Gasteiger partial charge in [-0.1, -0.05) is 38.1 Å². The molecule has 0 bridgehead atoms. The first kappa shape index (κ1) is 26.8. The molecule has 1 fully saturated rings. The van der Waals surface area contributed by atoms with Crippen LogP contribution in [0.4, 0.5) is 11.5 Å². The third-order valence-corrected chi connectivity index (χ3v) is 6.98. The minimum atomic E-state index is 0.0381. The molecule has 4 aromatic rings. The molecule has 1 atom stereocenters. The molecule has 0 saturated carbocycles. The summed E-state index contributed by atoms with van der Waals surface area (Å²) in [7, 11) is 0. The van der Waals surface area contributed by atoms with Crippen molar-refractivity contribution in [1.82, 2.24) is 24.5 Å². The normalized spacial score (nSPS) is 15.1. The van der Waals surface area contributed by atoms with E-state index in [4.69, 9.17) is 16.6 Å². The van der Waals surface area contributed by atoms with Crippen LogP contribution in [0, 0.1) is 0 Å². The summed E-state index contributed by atoms with van der Waals surface area (Å²) < 4.78 is 2.67. The summed E-state index contributed by atoms with van der Waals surface area (Å²) >= 11 is 9.52. The molecule has 1 saturated heterocycles. The Bertz CT molecular complexity index is 1360. The monoisotopic (exact) mass is 583 g/mol. The first-order valence-electron chi connectivity index (χ1n) is 12.3. The van der Waals surface area contributed by atoms with Gasteiger partial charge < -0.3 is 20.6 Å². The Morgan fingerprint density at radius 2 is 2.08 bits per heavy atom. The number of piperidine rings is 1. The number of halogens is 2. The number of nitrogens with one attached hydrogen (secondary N) is 2. The molecule has 3 aromatic heterocycles. The fourth-order valence-electron chi connectivity index (χ4n) is 4.29. The minimum Gasteiger partial charge on any atom is -0.506 e. The maximum atomic E-state index is 9.90. The molecular formula is C27H31BrClN7O. The number of nitrogens with zero attached hydrogens (tertiary/aromatic N) is 5. The molecule has 0 amide bonds. The lowest BCUT2D eigenvalue weighted by molar-refractivity contribution is 0.259. The van der Waals surface area contributed by atoms with Gasteiger partial charge in [-0.3, -0.25) is 4.98 Å². The second-order valence-electron chi connectivity index (χ2n) is 8.53. The molecule has 194 valence electrons. The van der Waals surface area contributed by atoms with Crippen LogP contribution in [-0.4, -0.2) is 42.7 Å². The van der Waals surface area contributed by atoms with Crippen molar-refractivity contribution >= 4 is 44.7 Å². The molecule has 1 unspecified atom stereocenters. The lowest BCUT2D eigenvalue weighted by atomic mass is 9.94. The number of anilines is 2. The SMILES string of the molecule is C=C(Nc1ccc(Cl)c(O)c1)N1CCCC(c2cc(NCc3cccnc3)n3ncc(Br)c3n2)C1.CC. The Morgan fingerprint density at radius 1 is 1.24 bits per heavy atom. The van der Waals surface area contributed by atoms with Crippen LogP contribution < -0.4 is 10.6 Å². The molecule has 10 heteroatoms. The van der Waals surface area contributed by atoms with Crippen molar-refractivity contribution in [2.75, 3.05) is 23.7 Å². The highest BCUT2D eigenvalue weighted by molar-refractivity contribution is 9.10. The van der Waals surface area contributed by atoms with Gasteiger partial charge in [0, 0.05) is 55.8 Å². The average molecular weight is 585 g/mol. The molecule has 5 rings (SSSR count). The molecule has 1 aliphatic rings. The molecule has 1 aromatic carbocycles. The smallest absolute Gasteiger partial charge is 0.171 e. The summed E-state index contributed by atoms with van der Waals surface area (Å²) in [6.45, 7) is 10.5. The van der Waals surface area contributed by atoms with Crippen LogP contribution in [0.2, 0.25) is 5.02 Å². The maximum absolute atomic E-state index is 9.90.